The number of hydrogen-bond donors (Lipinski definition) is 3. The maximum atomic E-state index is 12.1. The number of amides is 1. The van der Waals surface area contributed by atoms with E-state index in [4.69, 9.17) is 0 Å². The number of benzene rings is 1. The summed E-state index contributed by atoms with van der Waals surface area (Å²) < 4.78 is 0. The van der Waals surface area contributed by atoms with Gasteiger partial charge in [-0.05, 0) is 52.8 Å². The highest BCUT2D eigenvalue weighted by molar-refractivity contribution is 5.93. The smallest absolute Gasteiger partial charge is 0.269 e. The van der Waals surface area contributed by atoms with Crippen LogP contribution in [0.3, 0.4) is 0 Å². The number of rotatable bonds is 3. The molecule has 0 radical (unpaired) electrons. The zero-order valence-electron chi connectivity index (χ0n) is 13.6. The van der Waals surface area contributed by atoms with Crippen molar-refractivity contribution < 1.29 is 10.1 Å². The molecule has 0 saturated heterocycles. The fourth-order valence-corrected chi connectivity index (χ4v) is 3.09. The first kappa shape index (κ1) is 15.6. The maximum Gasteiger partial charge on any atom is 0.269 e. The summed E-state index contributed by atoms with van der Waals surface area (Å²) in [6, 6.07) is 7.55. The van der Waals surface area contributed by atoms with Crippen LogP contribution in [0.5, 0.6) is 0 Å². The molecule has 0 aliphatic carbocycles. The molecule has 4 heteroatoms. The molecule has 0 atom stereocenters. The number of carbonyl (C=O) groups is 1. The van der Waals surface area contributed by atoms with Crippen molar-refractivity contribution in [1.29, 1.82) is 0 Å². The summed E-state index contributed by atoms with van der Waals surface area (Å²) in [5, 5.41) is 2.35. The van der Waals surface area contributed by atoms with Gasteiger partial charge >= 0.3 is 0 Å². The van der Waals surface area contributed by atoms with E-state index in [0.717, 1.165) is 17.7 Å². The first-order chi connectivity index (χ1) is 9.67. The van der Waals surface area contributed by atoms with Crippen molar-refractivity contribution in [1.82, 2.24) is 10.9 Å². The molecule has 21 heavy (non-hydrogen) atoms. The fourth-order valence-electron chi connectivity index (χ4n) is 3.09. The topological polar surface area (TPSA) is 57.7 Å². The molecule has 0 unspecified atom stereocenters. The summed E-state index contributed by atoms with van der Waals surface area (Å²) in [6.45, 7) is 10.8. The number of hydrogen-bond acceptors (Lipinski definition) is 2. The van der Waals surface area contributed by atoms with Crippen molar-refractivity contribution in [2.45, 2.75) is 52.1 Å². The third-order valence-electron chi connectivity index (χ3n) is 3.61. The Kier molecular flexibility index (Phi) is 4.10. The van der Waals surface area contributed by atoms with E-state index in [-0.39, 0.29) is 17.0 Å². The Morgan fingerprint density at radius 2 is 1.76 bits per heavy atom. The van der Waals surface area contributed by atoms with Crippen LogP contribution in [-0.2, 0) is 0 Å². The number of hydrazine groups is 1. The molecule has 4 nitrogen and oxygen atoms in total. The second-order valence-electron chi connectivity index (χ2n) is 7.25. The highest BCUT2D eigenvalue weighted by atomic mass is 16.2. The highest BCUT2D eigenvalue weighted by Gasteiger charge is 2.36. The average Bonchev–Trinajstić information content (AvgIpc) is 2.33. The molecular weight excluding hydrogens is 262 g/mol. The molecule has 0 spiro atoms. The lowest BCUT2D eigenvalue weighted by atomic mass is 9.86. The first-order valence-corrected chi connectivity index (χ1v) is 7.39. The van der Waals surface area contributed by atoms with Crippen molar-refractivity contribution in [2.75, 3.05) is 0 Å². The Morgan fingerprint density at radius 3 is 2.33 bits per heavy atom. The summed E-state index contributed by atoms with van der Waals surface area (Å²) >= 11 is 0. The van der Waals surface area contributed by atoms with E-state index in [0.29, 0.717) is 5.56 Å². The van der Waals surface area contributed by atoms with Gasteiger partial charge in [0.15, 0.2) is 0 Å². The average molecular weight is 288 g/mol. The number of aryl methyl sites for hydroxylation is 1. The third-order valence-corrected chi connectivity index (χ3v) is 3.61. The minimum atomic E-state index is -0.110. The van der Waals surface area contributed by atoms with Crippen LogP contribution < -0.4 is 16.2 Å². The van der Waals surface area contributed by atoms with Gasteiger partial charge in [0.1, 0.15) is 5.54 Å². The van der Waals surface area contributed by atoms with Crippen molar-refractivity contribution in [3.63, 3.8) is 0 Å². The number of nitrogens with two attached hydrogens (primary N) is 1. The monoisotopic (exact) mass is 288 g/mol. The highest BCUT2D eigenvalue weighted by Crippen LogP contribution is 2.18. The van der Waals surface area contributed by atoms with Crippen LogP contribution in [0.25, 0.3) is 0 Å². The van der Waals surface area contributed by atoms with Gasteiger partial charge in [-0.25, -0.2) is 0 Å². The van der Waals surface area contributed by atoms with Crippen molar-refractivity contribution in [3.05, 3.63) is 47.2 Å². The Balaban J connectivity index is 2.01. The van der Waals surface area contributed by atoms with Crippen LogP contribution in [0.2, 0.25) is 0 Å². The Hall–Kier alpha value is -1.81. The van der Waals surface area contributed by atoms with Crippen LogP contribution in [-0.4, -0.2) is 17.0 Å². The SMILES string of the molecule is Cc1ccc(C(=O)NNC2=CC(C)(C)[NH2+]C(C)(C)C2)cc1. The van der Waals surface area contributed by atoms with Gasteiger partial charge in [0, 0.05) is 17.7 Å². The molecule has 2 rings (SSSR count). The van der Waals surface area contributed by atoms with Gasteiger partial charge in [0.25, 0.3) is 5.91 Å². The van der Waals surface area contributed by atoms with Crippen molar-refractivity contribution in [2.24, 2.45) is 0 Å². The van der Waals surface area contributed by atoms with Gasteiger partial charge in [-0.2, -0.15) is 0 Å². The summed E-state index contributed by atoms with van der Waals surface area (Å²) in [5.41, 5.74) is 8.90. The Labute approximate surface area is 127 Å². The second-order valence-corrected chi connectivity index (χ2v) is 7.25. The molecular formula is C17H26N3O+. The van der Waals surface area contributed by atoms with Gasteiger partial charge in [0.2, 0.25) is 0 Å². The van der Waals surface area contributed by atoms with E-state index in [1.807, 2.05) is 31.2 Å². The normalized spacial score (nSPS) is 19.6. The predicted octanol–water partition coefficient (Wildman–Crippen LogP) is 1.64. The van der Waals surface area contributed by atoms with Crippen LogP contribution in [0.1, 0.15) is 50.0 Å². The quantitative estimate of drug-likeness (QED) is 0.741. The molecule has 1 aliphatic heterocycles. The van der Waals surface area contributed by atoms with E-state index in [1.54, 1.807) is 0 Å². The molecule has 1 heterocycles. The molecule has 1 aromatic rings. The molecule has 0 saturated carbocycles. The maximum absolute atomic E-state index is 12.1. The molecule has 0 fully saturated rings. The molecule has 1 aliphatic rings. The molecule has 114 valence electrons. The lowest BCUT2D eigenvalue weighted by molar-refractivity contribution is -0.771. The van der Waals surface area contributed by atoms with Crippen LogP contribution in [0, 0.1) is 6.92 Å². The van der Waals surface area contributed by atoms with E-state index in [2.05, 4.69) is 49.9 Å². The molecule has 0 aromatic heterocycles. The zero-order valence-corrected chi connectivity index (χ0v) is 13.6. The fraction of sp³-hybridized carbons (Fsp3) is 0.471. The van der Waals surface area contributed by atoms with E-state index < -0.39 is 0 Å². The molecule has 1 aromatic carbocycles. The zero-order chi connectivity index (χ0) is 15.7. The largest absolute Gasteiger partial charge is 0.334 e. The lowest BCUT2D eigenvalue weighted by Crippen LogP contribution is -3.04. The van der Waals surface area contributed by atoms with E-state index >= 15 is 0 Å². The molecule has 4 N–H and O–H groups in total. The summed E-state index contributed by atoms with van der Waals surface area (Å²) in [5.74, 6) is -0.110. The van der Waals surface area contributed by atoms with Gasteiger partial charge in [-0.15, -0.1) is 0 Å². The number of quaternary nitrogens is 1. The standard InChI is InChI=1S/C17H25N3O/c1-12-6-8-13(9-7-12)15(21)19-18-14-10-16(2,3)20-17(4,5)11-14/h6-10,18,20H,11H2,1-5H3,(H,19,21)/p+1. The van der Waals surface area contributed by atoms with Crippen LogP contribution >= 0.6 is 0 Å². The summed E-state index contributed by atoms with van der Waals surface area (Å²) in [4.78, 5) is 12.1. The minimum Gasteiger partial charge on any atom is -0.334 e. The summed E-state index contributed by atoms with van der Waals surface area (Å²) in [7, 11) is 0. The first-order valence-electron chi connectivity index (χ1n) is 7.39. The Morgan fingerprint density at radius 1 is 1.14 bits per heavy atom. The van der Waals surface area contributed by atoms with Gasteiger partial charge in [0.05, 0.1) is 5.54 Å². The van der Waals surface area contributed by atoms with Crippen molar-refractivity contribution >= 4 is 5.91 Å². The van der Waals surface area contributed by atoms with Crippen LogP contribution in [0.4, 0.5) is 0 Å². The van der Waals surface area contributed by atoms with Gasteiger partial charge in [-0.1, -0.05) is 17.7 Å². The van der Waals surface area contributed by atoms with Gasteiger partial charge in [-0.3, -0.25) is 10.2 Å². The van der Waals surface area contributed by atoms with Crippen LogP contribution in [0.15, 0.2) is 36.0 Å². The summed E-state index contributed by atoms with van der Waals surface area (Å²) in [6.07, 6.45) is 3.07. The molecule has 1 amide bonds. The van der Waals surface area contributed by atoms with Gasteiger partial charge < -0.3 is 10.7 Å². The lowest BCUT2D eigenvalue weighted by Gasteiger charge is -2.37. The number of nitrogens with one attached hydrogen (secondary N) is 2. The minimum absolute atomic E-state index is 0.0265. The van der Waals surface area contributed by atoms with E-state index in [9.17, 15) is 4.79 Å². The predicted molar refractivity (Wildman–Crippen MR) is 84.6 cm³/mol. The number of carbonyl (C=O) groups excluding carboxylic acids is 1. The Bertz CT molecular complexity index is 556. The third kappa shape index (κ3) is 4.33. The van der Waals surface area contributed by atoms with E-state index in [1.165, 1.54) is 0 Å². The molecule has 0 bridgehead atoms. The second kappa shape index (κ2) is 5.53. The van der Waals surface area contributed by atoms with Crippen molar-refractivity contribution in [3.8, 4) is 0 Å².